The van der Waals surface area contributed by atoms with Crippen LogP contribution in [0, 0.1) is 17.2 Å². The number of pyridine rings is 1. The van der Waals surface area contributed by atoms with Gasteiger partial charge in [-0.3, -0.25) is 0 Å². The van der Waals surface area contributed by atoms with Gasteiger partial charge in [0.2, 0.25) is 0 Å². The second kappa shape index (κ2) is 4.76. The van der Waals surface area contributed by atoms with E-state index in [0.717, 1.165) is 25.3 Å². The van der Waals surface area contributed by atoms with Crippen molar-refractivity contribution in [2.24, 2.45) is 5.92 Å². The fourth-order valence-electron chi connectivity index (χ4n) is 1.75. The van der Waals surface area contributed by atoms with Gasteiger partial charge in [0.25, 0.3) is 0 Å². The second-order valence-corrected chi connectivity index (χ2v) is 3.78. The summed E-state index contributed by atoms with van der Waals surface area (Å²) in [5.41, 5.74) is 1.44. The lowest BCUT2D eigenvalue weighted by Crippen LogP contribution is -2.17. The molecule has 1 atom stereocenters. The van der Waals surface area contributed by atoms with Crippen molar-refractivity contribution in [3.05, 3.63) is 24.0 Å². The zero-order valence-corrected chi connectivity index (χ0v) is 8.53. The molecule has 0 spiro atoms. The molecule has 2 N–H and O–H groups in total. The van der Waals surface area contributed by atoms with Crippen LogP contribution in [0.15, 0.2) is 18.3 Å². The minimum atomic E-state index is 0.463. The van der Waals surface area contributed by atoms with E-state index in [9.17, 15) is 0 Å². The Hall–Kier alpha value is -1.60. The van der Waals surface area contributed by atoms with Crippen LogP contribution in [0.3, 0.4) is 0 Å². The molecule has 2 rings (SSSR count). The fourth-order valence-corrected chi connectivity index (χ4v) is 1.75. The number of anilines is 1. The highest BCUT2D eigenvalue weighted by Crippen LogP contribution is 2.11. The van der Waals surface area contributed by atoms with Gasteiger partial charge < -0.3 is 10.6 Å². The summed E-state index contributed by atoms with van der Waals surface area (Å²) in [6, 6.07) is 5.70. The van der Waals surface area contributed by atoms with Crippen molar-refractivity contribution in [3.63, 3.8) is 0 Å². The summed E-state index contributed by atoms with van der Waals surface area (Å²) in [6.07, 6.45) is 2.89. The van der Waals surface area contributed by atoms with Gasteiger partial charge in [-0.1, -0.05) is 0 Å². The van der Waals surface area contributed by atoms with Crippen LogP contribution < -0.4 is 10.6 Å². The van der Waals surface area contributed by atoms with Crippen LogP contribution in [0.1, 0.15) is 12.1 Å². The first-order valence-corrected chi connectivity index (χ1v) is 5.19. The standard InChI is InChI=1S/C11H14N4/c12-6-11-5-10(2-4-14-11)15-8-9-1-3-13-7-9/h2,4-5,9,13H,1,3,7-8H2,(H,14,15). The Morgan fingerprint density at radius 3 is 3.33 bits per heavy atom. The molecule has 0 amide bonds. The van der Waals surface area contributed by atoms with Gasteiger partial charge in [-0.2, -0.15) is 5.26 Å². The molecule has 78 valence electrons. The monoisotopic (exact) mass is 202 g/mol. The van der Waals surface area contributed by atoms with Crippen molar-refractivity contribution in [1.29, 1.82) is 5.26 Å². The fraction of sp³-hybridized carbons (Fsp3) is 0.455. The molecule has 1 aromatic heterocycles. The van der Waals surface area contributed by atoms with E-state index in [-0.39, 0.29) is 0 Å². The van der Waals surface area contributed by atoms with Crippen molar-refractivity contribution in [2.45, 2.75) is 6.42 Å². The zero-order valence-electron chi connectivity index (χ0n) is 8.53. The summed E-state index contributed by atoms with van der Waals surface area (Å²) in [5.74, 6) is 0.698. The first-order valence-electron chi connectivity index (χ1n) is 5.19. The summed E-state index contributed by atoms with van der Waals surface area (Å²) in [4.78, 5) is 3.92. The van der Waals surface area contributed by atoms with Crippen LogP contribution in [0.5, 0.6) is 0 Å². The minimum Gasteiger partial charge on any atom is -0.385 e. The molecule has 1 aliphatic rings. The topological polar surface area (TPSA) is 60.7 Å². The highest BCUT2D eigenvalue weighted by atomic mass is 14.9. The lowest BCUT2D eigenvalue weighted by Gasteiger charge is -2.10. The number of rotatable bonds is 3. The molecule has 0 bridgehead atoms. The molecule has 0 radical (unpaired) electrons. The van der Waals surface area contributed by atoms with Gasteiger partial charge in [0, 0.05) is 18.4 Å². The van der Waals surface area contributed by atoms with E-state index >= 15 is 0 Å². The Kier molecular flexibility index (Phi) is 3.15. The van der Waals surface area contributed by atoms with Gasteiger partial charge in [-0.05, 0) is 37.6 Å². The highest BCUT2D eigenvalue weighted by molar-refractivity contribution is 5.45. The Morgan fingerprint density at radius 1 is 1.67 bits per heavy atom. The lowest BCUT2D eigenvalue weighted by molar-refractivity contribution is 0.615. The third-order valence-electron chi connectivity index (χ3n) is 2.63. The van der Waals surface area contributed by atoms with E-state index in [1.807, 2.05) is 12.1 Å². The normalized spacial score (nSPS) is 19.8. The zero-order chi connectivity index (χ0) is 10.5. The van der Waals surface area contributed by atoms with Gasteiger partial charge in [0.1, 0.15) is 11.8 Å². The number of hydrogen-bond acceptors (Lipinski definition) is 4. The first kappa shape index (κ1) is 9.94. The van der Waals surface area contributed by atoms with Crippen molar-refractivity contribution in [2.75, 3.05) is 25.0 Å². The average molecular weight is 202 g/mol. The molecular weight excluding hydrogens is 188 g/mol. The van der Waals surface area contributed by atoms with Crippen molar-refractivity contribution >= 4 is 5.69 Å². The summed E-state index contributed by atoms with van der Waals surface area (Å²) >= 11 is 0. The minimum absolute atomic E-state index is 0.463. The van der Waals surface area contributed by atoms with Crippen LogP contribution >= 0.6 is 0 Å². The average Bonchev–Trinajstić information content (AvgIpc) is 2.79. The number of nitriles is 1. The van der Waals surface area contributed by atoms with E-state index in [0.29, 0.717) is 11.6 Å². The van der Waals surface area contributed by atoms with Crippen LogP contribution in [0.2, 0.25) is 0 Å². The molecule has 4 heteroatoms. The lowest BCUT2D eigenvalue weighted by atomic mass is 10.1. The molecule has 0 saturated carbocycles. The van der Waals surface area contributed by atoms with Crippen LogP contribution in [-0.2, 0) is 0 Å². The highest BCUT2D eigenvalue weighted by Gasteiger charge is 2.13. The van der Waals surface area contributed by atoms with E-state index in [1.54, 1.807) is 12.3 Å². The molecule has 15 heavy (non-hydrogen) atoms. The van der Waals surface area contributed by atoms with Gasteiger partial charge in [-0.15, -0.1) is 0 Å². The smallest absolute Gasteiger partial charge is 0.142 e. The molecule has 1 unspecified atom stereocenters. The molecule has 1 fully saturated rings. The maximum absolute atomic E-state index is 8.69. The van der Waals surface area contributed by atoms with Gasteiger partial charge in [0.05, 0.1) is 0 Å². The molecule has 0 aromatic carbocycles. The number of hydrogen-bond donors (Lipinski definition) is 2. The van der Waals surface area contributed by atoms with E-state index < -0.39 is 0 Å². The number of nitrogens with zero attached hydrogens (tertiary/aromatic N) is 2. The summed E-state index contributed by atoms with van der Waals surface area (Å²) in [6.45, 7) is 3.16. The predicted octanol–water partition coefficient (Wildman–Crippen LogP) is 0.975. The molecule has 1 aliphatic heterocycles. The van der Waals surface area contributed by atoms with Crippen molar-refractivity contribution in [3.8, 4) is 6.07 Å². The van der Waals surface area contributed by atoms with Crippen molar-refractivity contribution < 1.29 is 0 Å². The maximum atomic E-state index is 8.69. The van der Waals surface area contributed by atoms with E-state index in [1.165, 1.54) is 6.42 Å². The second-order valence-electron chi connectivity index (χ2n) is 3.78. The van der Waals surface area contributed by atoms with Gasteiger partial charge in [0.15, 0.2) is 0 Å². The number of aromatic nitrogens is 1. The Morgan fingerprint density at radius 2 is 2.60 bits per heavy atom. The third-order valence-corrected chi connectivity index (χ3v) is 2.63. The summed E-state index contributed by atoms with van der Waals surface area (Å²) in [7, 11) is 0. The van der Waals surface area contributed by atoms with Crippen LogP contribution in [-0.4, -0.2) is 24.6 Å². The summed E-state index contributed by atoms with van der Waals surface area (Å²) in [5, 5.41) is 15.3. The SMILES string of the molecule is N#Cc1cc(NCC2CCNC2)ccn1. The van der Waals surface area contributed by atoms with Crippen molar-refractivity contribution in [1.82, 2.24) is 10.3 Å². The third kappa shape index (κ3) is 2.67. The predicted molar refractivity (Wildman–Crippen MR) is 58.4 cm³/mol. The quantitative estimate of drug-likeness (QED) is 0.767. The van der Waals surface area contributed by atoms with Gasteiger partial charge >= 0.3 is 0 Å². The molecular formula is C11H14N4. The Balaban J connectivity index is 1.90. The number of nitrogens with one attached hydrogen (secondary N) is 2. The Bertz CT molecular complexity index is 363. The molecule has 2 heterocycles. The summed E-state index contributed by atoms with van der Waals surface area (Å²) < 4.78 is 0. The van der Waals surface area contributed by atoms with Gasteiger partial charge in [-0.25, -0.2) is 4.98 Å². The molecule has 1 saturated heterocycles. The van der Waals surface area contributed by atoms with Crippen LogP contribution in [0.25, 0.3) is 0 Å². The van der Waals surface area contributed by atoms with E-state index in [4.69, 9.17) is 5.26 Å². The Labute approximate surface area is 89.3 Å². The van der Waals surface area contributed by atoms with Crippen LogP contribution in [0.4, 0.5) is 5.69 Å². The molecule has 1 aromatic rings. The first-order chi connectivity index (χ1) is 7.38. The maximum Gasteiger partial charge on any atom is 0.142 e. The molecule has 0 aliphatic carbocycles. The molecule has 4 nitrogen and oxygen atoms in total. The van der Waals surface area contributed by atoms with E-state index in [2.05, 4.69) is 15.6 Å². The largest absolute Gasteiger partial charge is 0.385 e.